The first-order valence-electron chi connectivity index (χ1n) is 7.63. The van der Waals surface area contributed by atoms with Crippen LogP contribution in [-0.2, 0) is 5.41 Å². The minimum atomic E-state index is -1.17. The van der Waals surface area contributed by atoms with Crippen LogP contribution in [0.15, 0.2) is 54.6 Å². The van der Waals surface area contributed by atoms with Crippen molar-refractivity contribution in [2.45, 2.75) is 37.3 Å². The van der Waals surface area contributed by atoms with E-state index in [2.05, 4.69) is 0 Å². The van der Waals surface area contributed by atoms with Gasteiger partial charge in [0.15, 0.2) is 5.78 Å². The zero-order valence-corrected chi connectivity index (χ0v) is 12.9. The van der Waals surface area contributed by atoms with Crippen LogP contribution in [0, 0.1) is 0 Å². The Morgan fingerprint density at radius 1 is 1.09 bits per heavy atom. The van der Waals surface area contributed by atoms with Crippen LogP contribution in [-0.4, -0.2) is 16.4 Å². The summed E-state index contributed by atoms with van der Waals surface area (Å²) in [5.41, 5.74) is 6.63. The van der Waals surface area contributed by atoms with Crippen molar-refractivity contribution in [3.8, 4) is 0 Å². The highest BCUT2D eigenvalue weighted by molar-refractivity contribution is 6.07. The van der Waals surface area contributed by atoms with Crippen LogP contribution < -0.4 is 5.73 Å². The quantitative estimate of drug-likeness (QED) is 0.895. The lowest BCUT2D eigenvalue weighted by Crippen LogP contribution is -2.66. The fraction of sp³-hybridized carbons (Fsp3) is 0.316. The second-order valence-electron chi connectivity index (χ2n) is 6.21. The van der Waals surface area contributed by atoms with Gasteiger partial charge in [0.05, 0.1) is 17.1 Å². The van der Waals surface area contributed by atoms with Crippen LogP contribution in [0.4, 0.5) is 0 Å². The number of rotatable bonds is 2. The molecule has 0 spiro atoms. The number of nitrogens with two attached hydrogens (primary N) is 1. The van der Waals surface area contributed by atoms with Gasteiger partial charge in [-0.25, -0.2) is 0 Å². The van der Waals surface area contributed by atoms with Gasteiger partial charge in [-0.1, -0.05) is 61.5 Å². The summed E-state index contributed by atoms with van der Waals surface area (Å²) in [4.78, 5) is 13.0. The highest BCUT2D eigenvalue weighted by atomic mass is 16.3. The maximum absolute atomic E-state index is 13.0. The number of hydrogen-bond acceptors (Lipinski definition) is 3. The Hall–Kier alpha value is -1.97. The van der Waals surface area contributed by atoms with E-state index in [9.17, 15) is 9.90 Å². The van der Waals surface area contributed by atoms with E-state index in [-0.39, 0.29) is 5.78 Å². The van der Waals surface area contributed by atoms with Gasteiger partial charge in [-0.15, -0.1) is 0 Å². The molecule has 2 aromatic carbocycles. The van der Waals surface area contributed by atoms with Gasteiger partial charge in [0.25, 0.3) is 0 Å². The van der Waals surface area contributed by atoms with Crippen LogP contribution in [0.2, 0.25) is 0 Å². The Morgan fingerprint density at radius 2 is 1.68 bits per heavy atom. The van der Waals surface area contributed by atoms with Crippen molar-refractivity contribution in [2.24, 2.45) is 5.73 Å². The third-order valence-electron chi connectivity index (χ3n) is 5.21. The molecular weight excluding hydrogens is 274 g/mol. The maximum atomic E-state index is 13.0. The van der Waals surface area contributed by atoms with E-state index < -0.39 is 17.1 Å². The Labute approximate surface area is 130 Å². The third-order valence-corrected chi connectivity index (χ3v) is 5.21. The molecule has 0 amide bonds. The van der Waals surface area contributed by atoms with Gasteiger partial charge in [-0.3, -0.25) is 4.79 Å². The molecule has 3 unspecified atom stereocenters. The van der Waals surface area contributed by atoms with E-state index in [1.54, 1.807) is 19.1 Å². The molecule has 0 saturated carbocycles. The number of Topliss-reactive ketones (excluding diaryl/α,β-unsaturated/α-hetero) is 1. The van der Waals surface area contributed by atoms with Crippen LogP contribution in [0.5, 0.6) is 0 Å². The fourth-order valence-electron chi connectivity index (χ4n) is 3.93. The van der Waals surface area contributed by atoms with Crippen molar-refractivity contribution < 1.29 is 9.90 Å². The summed E-state index contributed by atoms with van der Waals surface area (Å²) < 4.78 is 0. The average Bonchev–Trinajstić information content (AvgIpc) is 2.55. The minimum Gasteiger partial charge on any atom is -0.387 e. The van der Waals surface area contributed by atoms with Crippen molar-refractivity contribution in [3.05, 3.63) is 71.3 Å². The molecule has 1 aliphatic rings. The molecule has 0 bridgehead atoms. The molecule has 3 nitrogen and oxygen atoms in total. The molecule has 1 aliphatic carbocycles. The first-order chi connectivity index (χ1) is 10.5. The third kappa shape index (κ3) is 1.73. The van der Waals surface area contributed by atoms with E-state index in [4.69, 9.17) is 5.73 Å². The molecular formula is C19H21NO2. The summed E-state index contributed by atoms with van der Waals surface area (Å²) in [5.74, 6) is -0.112. The predicted octanol–water partition coefficient (Wildman–Crippen LogP) is 2.98. The van der Waals surface area contributed by atoms with Gasteiger partial charge >= 0.3 is 0 Å². The summed E-state index contributed by atoms with van der Waals surface area (Å²) in [7, 11) is 0. The van der Waals surface area contributed by atoms with Crippen molar-refractivity contribution >= 4 is 5.78 Å². The molecule has 22 heavy (non-hydrogen) atoms. The average molecular weight is 295 g/mol. The molecule has 2 aromatic rings. The van der Waals surface area contributed by atoms with Crippen molar-refractivity contribution in [2.75, 3.05) is 0 Å². The smallest absolute Gasteiger partial charge is 0.183 e. The van der Waals surface area contributed by atoms with Crippen molar-refractivity contribution in [1.29, 1.82) is 0 Å². The monoisotopic (exact) mass is 295 g/mol. The number of fused-ring (bicyclic) bond motifs is 1. The van der Waals surface area contributed by atoms with E-state index in [1.807, 2.05) is 49.4 Å². The number of aliphatic hydroxyl groups is 1. The van der Waals surface area contributed by atoms with Gasteiger partial charge in [0.1, 0.15) is 0 Å². The number of ketones is 1. The lowest BCUT2D eigenvalue weighted by Gasteiger charge is -2.52. The molecule has 0 aromatic heterocycles. The molecule has 114 valence electrons. The number of aliphatic hydroxyl groups excluding tert-OH is 1. The first kappa shape index (κ1) is 14.9. The predicted molar refractivity (Wildman–Crippen MR) is 86.7 cm³/mol. The fourth-order valence-corrected chi connectivity index (χ4v) is 3.93. The molecule has 3 heteroatoms. The number of benzene rings is 2. The molecule has 0 aliphatic heterocycles. The maximum Gasteiger partial charge on any atom is 0.183 e. The normalized spacial score (nSPS) is 30.9. The SMILES string of the molecule is CCC1(c2ccccc2)C(O)c2ccccc2C(=O)C1(C)N. The Kier molecular flexibility index (Phi) is 3.42. The lowest BCUT2D eigenvalue weighted by atomic mass is 9.54. The van der Waals surface area contributed by atoms with Crippen LogP contribution in [0.25, 0.3) is 0 Å². The summed E-state index contributed by atoms with van der Waals surface area (Å²) in [6.07, 6.45) is -0.241. The standard InChI is InChI=1S/C19H21NO2/c1-3-19(13-9-5-4-6-10-13)17(22)15-12-8-7-11-14(15)16(21)18(19,2)20/h4-12,17,22H,3,20H2,1-2H3. The molecule has 3 rings (SSSR count). The number of carbonyl (C=O) groups excluding carboxylic acids is 1. The van der Waals surface area contributed by atoms with Gasteiger partial charge in [-0.05, 0) is 24.5 Å². The van der Waals surface area contributed by atoms with E-state index in [0.717, 1.165) is 5.56 Å². The summed E-state index contributed by atoms with van der Waals surface area (Å²) >= 11 is 0. The molecule has 3 N–H and O–H groups in total. The van der Waals surface area contributed by atoms with Gasteiger partial charge in [-0.2, -0.15) is 0 Å². The number of carbonyl (C=O) groups is 1. The first-order valence-corrected chi connectivity index (χ1v) is 7.63. The zero-order chi connectivity index (χ0) is 16.0. The topological polar surface area (TPSA) is 63.3 Å². The van der Waals surface area contributed by atoms with E-state index in [1.165, 1.54) is 0 Å². The molecule has 0 fully saturated rings. The van der Waals surface area contributed by atoms with Gasteiger partial charge in [0.2, 0.25) is 0 Å². The Balaban J connectivity index is 2.33. The van der Waals surface area contributed by atoms with Crippen LogP contribution in [0.1, 0.15) is 47.9 Å². The van der Waals surface area contributed by atoms with Crippen molar-refractivity contribution in [3.63, 3.8) is 0 Å². The Morgan fingerprint density at radius 3 is 2.32 bits per heavy atom. The highest BCUT2D eigenvalue weighted by Crippen LogP contribution is 2.52. The van der Waals surface area contributed by atoms with Crippen LogP contribution in [0.3, 0.4) is 0 Å². The van der Waals surface area contributed by atoms with E-state index in [0.29, 0.717) is 17.5 Å². The minimum absolute atomic E-state index is 0.112. The van der Waals surface area contributed by atoms with E-state index >= 15 is 0 Å². The number of hydrogen-bond donors (Lipinski definition) is 2. The highest BCUT2D eigenvalue weighted by Gasteiger charge is 2.59. The van der Waals surface area contributed by atoms with Crippen LogP contribution >= 0.6 is 0 Å². The zero-order valence-electron chi connectivity index (χ0n) is 12.9. The molecule has 0 heterocycles. The second kappa shape index (κ2) is 5.04. The summed E-state index contributed by atoms with van der Waals surface area (Å²) in [5, 5.41) is 11.1. The van der Waals surface area contributed by atoms with Crippen molar-refractivity contribution in [1.82, 2.24) is 0 Å². The Bertz CT molecular complexity index is 708. The lowest BCUT2D eigenvalue weighted by molar-refractivity contribution is 0.0162. The summed E-state index contributed by atoms with van der Waals surface area (Å²) in [6, 6.07) is 16.9. The van der Waals surface area contributed by atoms with Gasteiger partial charge < -0.3 is 10.8 Å². The largest absolute Gasteiger partial charge is 0.387 e. The molecule has 0 saturated heterocycles. The molecule has 0 radical (unpaired) electrons. The van der Waals surface area contributed by atoms with Gasteiger partial charge in [0, 0.05) is 5.56 Å². The molecule has 3 atom stereocenters. The second-order valence-corrected chi connectivity index (χ2v) is 6.21. The summed E-state index contributed by atoms with van der Waals surface area (Å²) in [6.45, 7) is 3.72.